The lowest BCUT2D eigenvalue weighted by molar-refractivity contribution is -0.101. The van der Waals surface area contributed by atoms with Crippen LogP contribution in [-0.2, 0) is 10.0 Å². The van der Waals surface area contributed by atoms with E-state index in [-0.39, 0.29) is 16.9 Å². The highest BCUT2D eigenvalue weighted by Crippen LogP contribution is 2.44. The lowest BCUT2D eigenvalue weighted by atomic mass is 9.68. The van der Waals surface area contributed by atoms with Crippen LogP contribution in [0.25, 0.3) is 0 Å². The van der Waals surface area contributed by atoms with E-state index in [9.17, 15) is 13.5 Å². The minimum atomic E-state index is -3.64. The molecule has 7 heteroatoms. The average molecular weight is 328 g/mol. The molecular weight excluding hydrogens is 304 g/mol. The normalized spacial score (nSPS) is 33.6. The van der Waals surface area contributed by atoms with Crippen molar-refractivity contribution in [3.63, 3.8) is 0 Å². The Morgan fingerprint density at radius 1 is 1.32 bits per heavy atom. The summed E-state index contributed by atoms with van der Waals surface area (Å²) in [4.78, 5) is 0.181. The molecule has 1 aliphatic heterocycles. The number of hydrogen-bond donors (Lipinski definition) is 1. The van der Waals surface area contributed by atoms with Crippen LogP contribution in [0.15, 0.2) is 9.42 Å². The lowest BCUT2D eigenvalue weighted by Gasteiger charge is -2.50. The van der Waals surface area contributed by atoms with Crippen LogP contribution in [0.3, 0.4) is 0 Å². The summed E-state index contributed by atoms with van der Waals surface area (Å²) < 4.78 is 32.6. The zero-order chi connectivity index (χ0) is 16.1. The predicted molar refractivity (Wildman–Crippen MR) is 80.9 cm³/mol. The van der Waals surface area contributed by atoms with Gasteiger partial charge in [-0.25, -0.2) is 8.42 Å². The summed E-state index contributed by atoms with van der Waals surface area (Å²) >= 11 is 0. The molecule has 1 N–H and O–H groups in total. The maximum atomic E-state index is 13.0. The Kier molecular flexibility index (Phi) is 3.86. The third-order valence-electron chi connectivity index (χ3n) is 5.40. The number of hydrogen-bond acceptors (Lipinski definition) is 5. The fourth-order valence-electron chi connectivity index (χ4n) is 4.26. The quantitative estimate of drug-likeness (QED) is 0.897. The average Bonchev–Trinajstić information content (AvgIpc) is 2.78. The summed E-state index contributed by atoms with van der Waals surface area (Å²) in [5.74, 6) is 0.333. The van der Waals surface area contributed by atoms with Gasteiger partial charge in [-0.1, -0.05) is 18.0 Å². The summed E-state index contributed by atoms with van der Waals surface area (Å²) in [5.41, 5.74) is -0.309. The van der Waals surface area contributed by atoms with Gasteiger partial charge in [0.25, 0.3) is 0 Å². The molecule has 1 aromatic heterocycles. The molecule has 1 aromatic rings. The first-order chi connectivity index (χ1) is 10.3. The summed E-state index contributed by atoms with van der Waals surface area (Å²) in [6.45, 7) is 5.53. The molecule has 3 atom stereocenters. The number of piperidine rings is 1. The van der Waals surface area contributed by atoms with E-state index in [4.69, 9.17) is 4.52 Å². The summed E-state index contributed by atoms with van der Waals surface area (Å²) in [5, 5.41) is 14.6. The molecule has 2 aliphatic rings. The Hall–Kier alpha value is -0.920. The van der Waals surface area contributed by atoms with Crippen LogP contribution < -0.4 is 0 Å². The van der Waals surface area contributed by atoms with Crippen LogP contribution in [0.5, 0.6) is 0 Å². The second kappa shape index (κ2) is 5.32. The Bertz CT molecular complexity index is 650. The number of rotatable bonds is 2. The Labute approximate surface area is 131 Å². The molecule has 0 bridgehead atoms. The van der Waals surface area contributed by atoms with Crippen LogP contribution in [0.2, 0.25) is 0 Å². The summed E-state index contributed by atoms with van der Waals surface area (Å²) in [7, 11) is -3.64. The van der Waals surface area contributed by atoms with Crippen LogP contribution in [-0.4, -0.2) is 41.2 Å². The molecule has 1 saturated carbocycles. The second-order valence-corrected chi connectivity index (χ2v) is 8.54. The largest absolute Gasteiger partial charge is 0.389 e. The molecule has 0 unspecified atom stereocenters. The maximum absolute atomic E-state index is 13.0. The van der Waals surface area contributed by atoms with Crippen molar-refractivity contribution in [2.75, 3.05) is 6.54 Å². The zero-order valence-electron chi connectivity index (χ0n) is 13.4. The van der Waals surface area contributed by atoms with E-state index in [1.54, 1.807) is 13.8 Å². The van der Waals surface area contributed by atoms with Gasteiger partial charge in [-0.05, 0) is 40.0 Å². The molecule has 0 spiro atoms. The zero-order valence-corrected chi connectivity index (χ0v) is 14.2. The second-order valence-electron chi connectivity index (χ2n) is 6.72. The maximum Gasteiger partial charge on any atom is 0.248 e. The van der Waals surface area contributed by atoms with E-state index in [0.29, 0.717) is 24.4 Å². The van der Waals surface area contributed by atoms with Gasteiger partial charge in [0.2, 0.25) is 10.0 Å². The highest BCUT2D eigenvalue weighted by Gasteiger charge is 2.50. The Morgan fingerprint density at radius 2 is 2.05 bits per heavy atom. The molecule has 124 valence electrons. The Morgan fingerprint density at radius 3 is 2.68 bits per heavy atom. The molecule has 1 aliphatic carbocycles. The van der Waals surface area contributed by atoms with Crippen molar-refractivity contribution < 1.29 is 18.0 Å². The van der Waals surface area contributed by atoms with Crippen molar-refractivity contribution >= 4 is 10.0 Å². The SMILES string of the molecule is Cc1noc(C)c1S(=O)(=O)N1CC[C@]2(O)CCCC[C@@H]2[C@@H]1C. The minimum Gasteiger partial charge on any atom is -0.389 e. The van der Waals surface area contributed by atoms with Gasteiger partial charge in [-0.3, -0.25) is 0 Å². The van der Waals surface area contributed by atoms with Crippen LogP contribution >= 0.6 is 0 Å². The van der Waals surface area contributed by atoms with E-state index in [0.717, 1.165) is 25.7 Å². The smallest absolute Gasteiger partial charge is 0.248 e. The first kappa shape index (κ1) is 16.0. The van der Waals surface area contributed by atoms with Gasteiger partial charge in [-0.15, -0.1) is 0 Å². The van der Waals surface area contributed by atoms with Gasteiger partial charge >= 0.3 is 0 Å². The molecule has 3 rings (SSSR count). The van der Waals surface area contributed by atoms with Crippen molar-refractivity contribution in [3.05, 3.63) is 11.5 Å². The number of fused-ring (bicyclic) bond motifs is 1. The molecule has 0 amide bonds. The molecule has 0 aromatic carbocycles. The van der Waals surface area contributed by atoms with Crippen LogP contribution in [0.1, 0.15) is 50.5 Å². The predicted octanol–water partition coefficient (Wildman–Crippen LogP) is 2.00. The topological polar surface area (TPSA) is 83.6 Å². The molecular formula is C15H24N2O4S. The third kappa shape index (κ3) is 2.30. The molecule has 2 fully saturated rings. The van der Waals surface area contributed by atoms with Crippen molar-refractivity contribution in [1.82, 2.24) is 9.46 Å². The summed E-state index contributed by atoms with van der Waals surface area (Å²) in [6, 6.07) is -0.210. The van der Waals surface area contributed by atoms with E-state index in [1.165, 1.54) is 4.31 Å². The van der Waals surface area contributed by atoms with Crippen molar-refractivity contribution in [3.8, 4) is 0 Å². The molecule has 0 radical (unpaired) electrons. The van der Waals surface area contributed by atoms with Gasteiger partial charge in [0.1, 0.15) is 10.6 Å². The fraction of sp³-hybridized carbons (Fsp3) is 0.800. The van der Waals surface area contributed by atoms with Gasteiger partial charge in [0, 0.05) is 18.5 Å². The van der Waals surface area contributed by atoms with Crippen molar-refractivity contribution in [2.24, 2.45) is 5.92 Å². The van der Waals surface area contributed by atoms with Gasteiger partial charge in [0.05, 0.1) is 5.60 Å². The van der Waals surface area contributed by atoms with E-state index < -0.39 is 15.6 Å². The molecule has 22 heavy (non-hydrogen) atoms. The number of sulfonamides is 1. The first-order valence-electron chi connectivity index (χ1n) is 7.94. The van der Waals surface area contributed by atoms with E-state index in [1.807, 2.05) is 6.92 Å². The van der Waals surface area contributed by atoms with Gasteiger partial charge < -0.3 is 9.63 Å². The number of nitrogens with zero attached hydrogens (tertiary/aromatic N) is 2. The van der Waals surface area contributed by atoms with E-state index >= 15 is 0 Å². The number of aromatic nitrogens is 1. The first-order valence-corrected chi connectivity index (χ1v) is 9.38. The van der Waals surface area contributed by atoms with Crippen LogP contribution in [0, 0.1) is 19.8 Å². The van der Waals surface area contributed by atoms with Crippen LogP contribution in [0.4, 0.5) is 0 Å². The number of aliphatic hydroxyl groups is 1. The fourth-order valence-corrected chi connectivity index (χ4v) is 6.22. The standard InChI is InChI=1S/C15H24N2O4S/c1-10-14(12(3)21-16-10)22(19,20)17-9-8-15(18)7-5-4-6-13(15)11(17)2/h11,13,18H,4-9H2,1-3H3/t11-,13+,15+/m0/s1. The van der Waals surface area contributed by atoms with E-state index in [2.05, 4.69) is 5.16 Å². The third-order valence-corrected chi connectivity index (χ3v) is 7.63. The minimum absolute atomic E-state index is 0.00486. The monoisotopic (exact) mass is 328 g/mol. The molecule has 1 saturated heterocycles. The van der Waals surface area contributed by atoms with Gasteiger partial charge in [-0.2, -0.15) is 4.31 Å². The lowest BCUT2D eigenvalue weighted by Crippen LogP contribution is -2.59. The Balaban J connectivity index is 1.96. The molecule has 6 nitrogen and oxygen atoms in total. The van der Waals surface area contributed by atoms with Crippen molar-refractivity contribution in [2.45, 2.75) is 69.4 Å². The number of aryl methyl sites for hydroxylation is 2. The highest BCUT2D eigenvalue weighted by molar-refractivity contribution is 7.89. The summed E-state index contributed by atoms with van der Waals surface area (Å²) in [6.07, 6.45) is 4.24. The van der Waals surface area contributed by atoms with Gasteiger partial charge in [0.15, 0.2) is 5.76 Å². The van der Waals surface area contributed by atoms with Crippen molar-refractivity contribution in [1.29, 1.82) is 0 Å². The molecule has 2 heterocycles. The highest BCUT2D eigenvalue weighted by atomic mass is 32.2.